The first kappa shape index (κ1) is 12.7. The van der Waals surface area contributed by atoms with Gasteiger partial charge in [0.25, 0.3) is 6.01 Å². The van der Waals surface area contributed by atoms with Crippen LogP contribution in [0.3, 0.4) is 0 Å². The molecule has 0 radical (unpaired) electrons. The third-order valence-corrected chi connectivity index (χ3v) is 1.28. The van der Waals surface area contributed by atoms with Crippen LogP contribution in [0.15, 0.2) is 12.6 Å². The zero-order valence-corrected chi connectivity index (χ0v) is 7.99. The Hall–Kier alpha value is -0.300. The quantitative estimate of drug-likeness (QED) is 0.433. The summed E-state index contributed by atoms with van der Waals surface area (Å²) in [5, 5.41) is 0. The van der Waals surface area contributed by atoms with Crippen LogP contribution in [0, 0.1) is 0 Å². The van der Waals surface area contributed by atoms with E-state index in [1.807, 2.05) is 0 Å². The molecule has 0 N–H and O–H groups in total. The third kappa shape index (κ3) is 5.87. The second-order valence-electron chi connectivity index (χ2n) is 1.97. The van der Waals surface area contributed by atoms with Crippen molar-refractivity contribution in [3.63, 3.8) is 0 Å². The first-order valence-corrected chi connectivity index (χ1v) is 4.21. The molecule has 0 bridgehead atoms. The lowest BCUT2D eigenvalue weighted by molar-refractivity contribution is -0.226. The molecule has 0 spiro atoms. The van der Waals surface area contributed by atoms with E-state index >= 15 is 0 Å². The number of halogens is 5. The summed E-state index contributed by atoms with van der Waals surface area (Å²) < 4.78 is 55.9. The van der Waals surface area contributed by atoms with Gasteiger partial charge in [0.15, 0.2) is 6.10 Å². The molecule has 0 aromatic carbocycles. The SMILES string of the molecule is C=C(F)OCC(OCBr)C(F)(F)F. The highest BCUT2D eigenvalue weighted by Gasteiger charge is 2.41. The number of ether oxygens (including phenoxy) is 2. The summed E-state index contributed by atoms with van der Waals surface area (Å²) in [6.07, 6.45) is -6.73. The van der Waals surface area contributed by atoms with Gasteiger partial charge >= 0.3 is 6.18 Å². The molecule has 2 nitrogen and oxygen atoms in total. The summed E-state index contributed by atoms with van der Waals surface area (Å²) in [5.41, 5.74) is -0.306. The number of hydrogen-bond donors (Lipinski definition) is 0. The molecular formula is C6H7BrF4O2. The molecule has 0 fully saturated rings. The van der Waals surface area contributed by atoms with E-state index in [2.05, 4.69) is 32.0 Å². The van der Waals surface area contributed by atoms with Crippen molar-refractivity contribution in [3.8, 4) is 0 Å². The second-order valence-corrected chi connectivity index (χ2v) is 2.43. The summed E-state index contributed by atoms with van der Waals surface area (Å²) in [4.78, 5) is 0. The van der Waals surface area contributed by atoms with Crippen LogP contribution in [0.4, 0.5) is 17.6 Å². The van der Waals surface area contributed by atoms with E-state index in [9.17, 15) is 17.6 Å². The lowest BCUT2D eigenvalue weighted by Gasteiger charge is -2.18. The van der Waals surface area contributed by atoms with Gasteiger partial charge in [-0.05, 0) is 6.58 Å². The van der Waals surface area contributed by atoms with Crippen LogP contribution in [0.25, 0.3) is 0 Å². The molecule has 0 aliphatic carbocycles. The largest absolute Gasteiger partial charge is 0.468 e. The van der Waals surface area contributed by atoms with Gasteiger partial charge < -0.3 is 9.47 Å². The van der Waals surface area contributed by atoms with Crippen LogP contribution in [0.2, 0.25) is 0 Å². The molecule has 1 unspecified atom stereocenters. The van der Waals surface area contributed by atoms with E-state index < -0.39 is 24.9 Å². The van der Waals surface area contributed by atoms with Gasteiger partial charge in [-0.2, -0.15) is 17.6 Å². The molecule has 0 amide bonds. The van der Waals surface area contributed by atoms with Gasteiger partial charge in [0.05, 0.1) is 0 Å². The molecule has 0 rings (SSSR count). The van der Waals surface area contributed by atoms with Crippen molar-refractivity contribution < 1.29 is 27.0 Å². The molecule has 0 aliphatic heterocycles. The Morgan fingerprint density at radius 3 is 2.31 bits per heavy atom. The number of alkyl halides is 4. The molecule has 78 valence electrons. The Morgan fingerprint density at radius 1 is 1.46 bits per heavy atom. The predicted octanol–water partition coefficient (Wildman–Crippen LogP) is 2.74. The molecule has 1 atom stereocenters. The molecule has 0 aromatic rings. The lowest BCUT2D eigenvalue weighted by Crippen LogP contribution is -2.35. The van der Waals surface area contributed by atoms with Crippen LogP contribution >= 0.6 is 15.9 Å². The summed E-state index contributed by atoms with van der Waals surface area (Å²) in [6, 6.07) is -1.27. The van der Waals surface area contributed by atoms with Crippen LogP contribution in [0.5, 0.6) is 0 Å². The molecule has 0 aromatic heterocycles. The van der Waals surface area contributed by atoms with Gasteiger partial charge in [-0.15, -0.1) is 0 Å². The average Bonchev–Trinajstić information content (AvgIpc) is 1.95. The van der Waals surface area contributed by atoms with Crippen molar-refractivity contribution in [2.45, 2.75) is 12.3 Å². The fourth-order valence-electron chi connectivity index (χ4n) is 0.479. The molecule has 0 saturated heterocycles. The third-order valence-electron chi connectivity index (χ3n) is 1.02. The zero-order chi connectivity index (χ0) is 10.5. The van der Waals surface area contributed by atoms with E-state index in [4.69, 9.17) is 0 Å². The maximum absolute atomic E-state index is 12.0. The highest BCUT2D eigenvalue weighted by molar-refractivity contribution is 9.09. The van der Waals surface area contributed by atoms with Gasteiger partial charge in [-0.25, -0.2) is 0 Å². The Bertz CT molecular complexity index is 171. The number of rotatable bonds is 5. The minimum Gasteiger partial charge on any atom is -0.468 e. The molecule has 13 heavy (non-hydrogen) atoms. The standard InChI is InChI=1S/C6H7BrF4O2/c1-4(8)12-2-5(13-3-7)6(9,10)11/h5H,1-3H2. The van der Waals surface area contributed by atoms with Crippen LogP contribution in [-0.4, -0.2) is 24.4 Å². The van der Waals surface area contributed by atoms with Gasteiger partial charge in [-0.1, -0.05) is 15.9 Å². The van der Waals surface area contributed by atoms with Crippen molar-refractivity contribution in [3.05, 3.63) is 12.6 Å². The Labute approximate surface area is 80.6 Å². The van der Waals surface area contributed by atoms with Gasteiger partial charge in [0.1, 0.15) is 12.1 Å². The van der Waals surface area contributed by atoms with E-state index in [1.165, 1.54) is 0 Å². The van der Waals surface area contributed by atoms with Gasteiger partial charge in [-0.3, -0.25) is 0 Å². The second kappa shape index (κ2) is 5.43. The summed E-state index contributed by atoms with van der Waals surface area (Å²) in [5.74, 6) is 0. The Balaban J connectivity index is 4.02. The Morgan fingerprint density at radius 2 is 2.00 bits per heavy atom. The summed E-state index contributed by atoms with van der Waals surface area (Å²) >= 11 is 2.66. The monoisotopic (exact) mass is 266 g/mol. The Kier molecular flexibility index (Phi) is 5.31. The van der Waals surface area contributed by atoms with Crippen molar-refractivity contribution in [1.29, 1.82) is 0 Å². The lowest BCUT2D eigenvalue weighted by atomic mass is 10.4. The van der Waals surface area contributed by atoms with E-state index in [0.29, 0.717) is 0 Å². The zero-order valence-electron chi connectivity index (χ0n) is 6.40. The molecule has 0 aliphatic rings. The molecular weight excluding hydrogens is 260 g/mol. The first-order chi connectivity index (χ1) is 5.88. The van der Waals surface area contributed by atoms with Gasteiger partial charge in [0.2, 0.25) is 0 Å². The highest BCUT2D eigenvalue weighted by Crippen LogP contribution is 2.24. The van der Waals surface area contributed by atoms with Crippen molar-refractivity contribution in [2.75, 3.05) is 12.1 Å². The van der Waals surface area contributed by atoms with E-state index in [1.54, 1.807) is 0 Å². The van der Waals surface area contributed by atoms with Gasteiger partial charge in [0, 0.05) is 0 Å². The van der Waals surface area contributed by atoms with E-state index in [0.717, 1.165) is 0 Å². The van der Waals surface area contributed by atoms with Crippen LogP contribution in [-0.2, 0) is 9.47 Å². The van der Waals surface area contributed by atoms with Crippen molar-refractivity contribution >= 4 is 15.9 Å². The van der Waals surface area contributed by atoms with Crippen LogP contribution < -0.4 is 0 Å². The minimum atomic E-state index is -4.58. The average molecular weight is 267 g/mol. The predicted molar refractivity (Wildman–Crippen MR) is 40.9 cm³/mol. The van der Waals surface area contributed by atoms with Crippen LogP contribution in [0.1, 0.15) is 0 Å². The summed E-state index contributed by atoms with van der Waals surface area (Å²) in [6.45, 7) is 1.71. The first-order valence-electron chi connectivity index (χ1n) is 3.09. The maximum Gasteiger partial charge on any atom is 0.418 e. The molecule has 0 saturated carbocycles. The molecule has 7 heteroatoms. The normalized spacial score (nSPS) is 13.9. The highest BCUT2D eigenvalue weighted by atomic mass is 79.9. The summed E-state index contributed by atoms with van der Waals surface area (Å²) in [7, 11) is 0. The number of hydrogen-bond acceptors (Lipinski definition) is 2. The fraction of sp³-hybridized carbons (Fsp3) is 0.667. The smallest absolute Gasteiger partial charge is 0.418 e. The maximum atomic E-state index is 12.0. The van der Waals surface area contributed by atoms with Crippen molar-refractivity contribution in [1.82, 2.24) is 0 Å². The topological polar surface area (TPSA) is 18.5 Å². The molecule has 0 heterocycles. The van der Waals surface area contributed by atoms with Crippen molar-refractivity contribution in [2.24, 2.45) is 0 Å². The van der Waals surface area contributed by atoms with E-state index in [-0.39, 0.29) is 5.52 Å². The minimum absolute atomic E-state index is 0.306. The fourth-order valence-corrected chi connectivity index (χ4v) is 0.798.